The molecule has 3 rings (SSSR count). The molecule has 0 spiro atoms. The molecule has 1 atom stereocenters. The highest BCUT2D eigenvalue weighted by Crippen LogP contribution is 2.27. The van der Waals surface area contributed by atoms with Crippen LogP contribution in [0.2, 0.25) is 0 Å². The van der Waals surface area contributed by atoms with Crippen molar-refractivity contribution in [2.45, 2.75) is 25.8 Å². The summed E-state index contributed by atoms with van der Waals surface area (Å²) in [7, 11) is 0. The van der Waals surface area contributed by atoms with E-state index < -0.39 is 6.04 Å². The van der Waals surface area contributed by atoms with Gasteiger partial charge in [-0.25, -0.2) is 0 Å². The van der Waals surface area contributed by atoms with Crippen molar-refractivity contribution in [1.82, 2.24) is 9.80 Å². The summed E-state index contributed by atoms with van der Waals surface area (Å²) in [5.74, 6) is 0.0267. The summed E-state index contributed by atoms with van der Waals surface area (Å²) in [6.07, 6.45) is 0.957. The maximum absolute atomic E-state index is 12.8. The molecule has 1 unspecified atom stereocenters. The summed E-state index contributed by atoms with van der Waals surface area (Å²) < 4.78 is 0. The van der Waals surface area contributed by atoms with E-state index in [0.717, 1.165) is 5.69 Å². The molecule has 2 fully saturated rings. The van der Waals surface area contributed by atoms with Gasteiger partial charge < -0.3 is 9.80 Å². The fourth-order valence-corrected chi connectivity index (χ4v) is 3.28. The molecule has 23 heavy (non-hydrogen) atoms. The molecule has 0 saturated carbocycles. The Morgan fingerprint density at radius 3 is 2.22 bits per heavy atom. The lowest BCUT2D eigenvalue weighted by atomic mass is 10.1. The second-order valence-corrected chi connectivity index (χ2v) is 5.99. The van der Waals surface area contributed by atoms with Crippen LogP contribution in [0.3, 0.4) is 0 Å². The molecule has 1 aromatic rings. The second-order valence-electron chi connectivity index (χ2n) is 5.99. The van der Waals surface area contributed by atoms with Gasteiger partial charge >= 0.3 is 0 Å². The van der Waals surface area contributed by atoms with Crippen molar-refractivity contribution in [2.75, 3.05) is 31.1 Å². The number of benzene rings is 1. The van der Waals surface area contributed by atoms with Crippen LogP contribution < -0.4 is 4.90 Å². The number of hydrogen-bond acceptors (Lipinski definition) is 3. The van der Waals surface area contributed by atoms with Gasteiger partial charge in [-0.3, -0.25) is 19.3 Å². The van der Waals surface area contributed by atoms with E-state index in [2.05, 4.69) is 0 Å². The molecule has 1 aromatic carbocycles. The summed E-state index contributed by atoms with van der Waals surface area (Å²) in [6, 6.07) is 8.92. The maximum Gasteiger partial charge on any atom is 0.245 e. The van der Waals surface area contributed by atoms with Gasteiger partial charge in [0.1, 0.15) is 6.04 Å². The average Bonchev–Trinajstić information content (AvgIpc) is 2.96. The van der Waals surface area contributed by atoms with Gasteiger partial charge in [-0.2, -0.15) is 0 Å². The Hall–Kier alpha value is -2.37. The van der Waals surface area contributed by atoms with Crippen molar-refractivity contribution in [3.63, 3.8) is 0 Å². The number of nitrogens with zero attached hydrogens (tertiary/aromatic N) is 3. The maximum atomic E-state index is 12.8. The van der Waals surface area contributed by atoms with E-state index >= 15 is 0 Å². The lowest BCUT2D eigenvalue weighted by Crippen LogP contribution is -2.54. The molecule has 2 aliphatic heterocycles. The molecule has 0 N–H and O–H groups in total. The number of amides is 3. The Bertz CT molecular complexity index is 609. The first kappa shape index (κ1) is 15.5. The molecular weight excluding hydrogens is 294 g/mol. The largest absolute Gasteiger partial charge is 0.339 e. The van der Waals surface area contributed by atoms with Gasteiger partial charge in [-0.05, 0) is 18.6 Å². The van der Waals surface area contributed by atoms with Gasteiger partial charge in [-0.15, -0.1) is 0 Å². The Balaban J connectivity index is 1.72. The van der Waals surface area contributed by atoms with E-state index in [9.17, 15) is 14.4 Å². The number of anilines is 1. The third kappa shape index (κ3) is 3.06. The number of carbonyl (C=O) groups is 3. The fourth-order valence-electron chi connectivity index (χ4n) is 3.28. The number of rotatable bonds is 2. The molecule has 2 heterocycles. The molecule has 3 amide bonds. The Morgan fingerprint density at radius 2 is 1.61 bits per heavy atom. The number of hydrogen-bond donors (Lipinski definition) is 0. The predicted octanol–water partition coefficient (Wildman–Crippen LogP) is 0.873. The minimum absolute atomic E-state index is 0.00285. The lowest BCUT2D eigenvalue weighted by Gasteiger charge is -2.37. The third-order valence-corrected chi connectivity index (χ3v) is 4.57. The molecule has 6 heteroatoms. The topological polar surface area (TPSA) is 60.9 Å². The molecule has 2 saturated heterocycles. The zero-order valence-corrected chi connectivity index (χ0v) is 13.3. The van der Waals surface area contributed by atoms with Crippen molar-refractivity contribution in [2.24, 2.45) is 0 Å². The lowest BCUT2D eigenvalue weighted by molar-refractivity contribution is -0.139. The fraction of sp³-hybridized carbons (Fsp3) is 0.471. The Kier molecular flexibility index (Phi) is 4.32. The van der Waals surface area contributed by atoms with E-state index in [4.69, 9.17) is 0 Å². The van der Waals surface area contributed by atoms with Crippen molar-refractivity contribution in [1.29, 1.82) is 0 Å². The summed E-state index contributed by atoms with van der Waals surface area (Å²) in [6.45, 7) is 3.74. The van der Waals surface area contributed by atoms with Crippen LogP contribution in [0.5, 0.6) is 0 Å². The van der Waals surface area contributed by atoms with E-state index in [1.165, 1.54) is 0 Å². The minimum Gasteiger partial charge on any atom is -0.339 e. The molecule has 2 aliphatic rings. The SMILES string of the molecule is CC(=O)N1CCN(C(=O)C2CCC(=O)N2c2ccccc2)CC1. The molecule has 6 nitrogen and oxygen atoms in total. The summed E-state index contributed by atoms with van der Waals surface area (Å²) in [5, 5.41) is 0. The monoisotopic (exact) mass is 315 g/mol. The number of para-hydroxylation sites is 1. The van der Waals surface area contributed by atoms with Crippen LogP contribution in [0.4, 0.5) is 5.69 Å². The average molecular weight is 315 g/mol. The molecule has 122 valence electrons. The van der Waals surface area contributed by atoms with Gasteiger partial charge in [0.05, 0.1) is 0 Å². The highest BCUT2D eigenvalue weighted by atomic mass is 16.2. The first-order chi connectivity index (χ1) is 11.1. The van der Waals surface area contributed by atoms with Crippen LogP contribution in [-0.2, 0) is 14.4 Å². The third-order valence-electron chi connectivity index (χ3n) is 4.57. The van der Waals surface area contributed by atoms with Gasteiger partial charge in [0.25, 0.3) is 0 Å². The molecule has 0 aromatic heterocycles. The van der Waals surface area contributed by atoms with Crippen molar-refractivity contribution < 1.29 is 14.4 Å². The van der Waals surface area contributed by atoms with Crippen LogP contribution in [0.1, 0.15) is 19.8 Å². The standard InChI is InChI=1S/C17H21N3O3/c1-13(21)18-9-11-19(12-10-18)17(23)15-7-8-16(22)20(15)14-5-3-2-4-6-14/h2-6,15H,7-12H2,1H3. The highest BCUT2D eigenvalue weighted by molar-refractivity contribution is 6.03. The first-order valence-corrected chi connectivity index (χ1v) is 7.99. The van der Waals surface area contributed by atoms with E-state index in [1.807, 2.05) is 30.3 Å². The quantitative estimate of drug-likeness (QED) is 0.814. The second kappa shape index (κ2) is 6.40. The molecule has 0 radical (unpaired) electrons. The summed E-state index contributed by atoms with van der Waals surface area (Å²) in [5.41, 5.74) is 0.774. The minimum atomic E-state index is -0.422. The zero-order chi connectivity index (χ0) is 16.4. The summed E-state index contributed by atoms with van der Waals surface area (Å²) in [4.78, 5) is 41.6. The van der Waals surface area contributed by atoms with Crippen LogP contribution in [0.25, 0.3) is 0 Å². The molecule has 0 aliphatic carbocycles. The zero-order valence-electron chi connectivity index (χ0n) is 13.3. The van der Waals surface area contributed by atoms with Crippen molar-refractivity contribution >= 4 is 23.4 Å². The van der Waals surface area contributed by atoms with Gasteiger partial charge in [0.15, 0.2) is 0 Å². The van der Waals surface area contributed by atoms with E-state index in [-0.39, 0.29) is 17.7 Å². The van der Waals surface area contributed by atoms with E-state index in [0.29, 0.717) is 39.0 Å². The van der Waals surface area contributed by atoms with Crippen LogP contribution >= 0.6 is 0 Å². The van der Waals surface area contributed by atoms with Crippen molar-refractivity contribution in [3.05, 3.63) is 30.3 Å². The van der Waals surface area contributed by atoms with Crippen LogP contribution in [-0.4, -0.2) is 59.7 Å². The molecule has 0 bridgehead atoms. The van der Waals surface area contributed by atoms with Crippen molar-refractivity contribution in [3.8, 4) is 0 Å². The Labute approximate surface area is 135 Å². The first-order valence-electron chi connectivity index (χ1n) is 7.99. The number of piperazine rings is 1. The van der Waals surface area contributed by atoms with Gasteiger partial charge in [0, 0.05) is 45.2 Å². The van der Waals surface area contributed by atoms with Crippen LogP contribution in [0.15, 0.2) is 30.3 Å². The smallest absolute Gasteiger partial charge is 0.245 e. The van der Waals surface area contributed by atoms with Crippen LogP contribution in [0, 0.1) is 0 Å². The predicted molar refractivity (Wildman–Crippen MR) is 85.8 cm³/mol. The molecular formula is C17H21N3O3. The Morgan fingerprint density at radius 1 is 1.00 bits per heavy atom. The summed E-state index contributed by atoms with van der Waals surface area (Å²) >= 11 is 0. The number of carbonyl (C=O) groups excluding carboxylic acids is 3. The van der Waals surface area contributed by atoms with Gasteiger partial charge in [-0.1, -0.05) is 18.2 Å². The highest BCUT2D eigenvalue weighted by Gasteiger charge is 2.39. The normalized spacial score (nSPS) is 21.7. The van der Waals surface area contributed by atoms with E-state index in [1.54, 1.807) is 21.6 Å². The van der Waals surface area contributed by atoms with Gasteiger partial charge in [0.2, 0.25) is 17.7 Å².